The Labute approximate surface area is 196 Å². The standard InChI is InChI=1S/C21H20ClFN6O5/c1-3-8-6-11(34-28-8)18-16(30)17(31)20(33-18)29-7-25-15-14(26-21(32-2)27-19(15)29)9-4-5-10(24)13(23)12(9)22/h4-7,16-18,20,30-31H,3,24H2,1-2H3/t16-,17+,18+,20+/m0/s1. The SMILES string of the molecule is CCc1cc([C@H]2O[C@@H](n3cnc4c(-c5ccc(N)c(F)c5Cl)nc(OC)nc43)[C@H](O)[C@@H]2O)on1. The topological polar surface area (TPSA) is 155 Å². The van der Waals surface area contributed by atoms with Crippen LogP contribution in [0.3, 0.4) is 0 Å². The minimum absolute atomic E-state index is 0.0510. The first-order valence-electron chi connectivity index (χ1n) is 10.3. The average Bonchev–Trinajstić information content (AvgIpc) is 3.55. The summed E-state index contributed by atoms with van der Waals surface area (Å²) in [5.74, 6) is -0.504. The molecule has 178 valence electrons. The molecular formula is C21H20ClFN6O5. The quantitative estimate of drug-likeness (QED) is 0.355. The molecule has 1 fully saturated rings. The number of nitrogens with zero attached hydrogens (tertiary/aromatic N) is 5. The fourth-order valence-electron chi connectivity index (χ4n) is 3.86. The zero-order valence-electron chi connectivity index (χ0n) is 18.0. The first kappa shape index (κ1) is 22.5. The summed E-state index contributed by atoms with van der Waals surface area (Å²) >= 11 is 6.20. The summed E-state index contributed by atoms with van der Waals surface area (Å²) in [7, 11) is 1.37. The maximum atomic E-state index is 14.4. The number of imidazole rings is 1. The number of aliphatic hydroxyl groups is 2. The number of anilines is 1. The van der Waals surface area contributed by atoms with Gasteiger partial charge in [0.1, 0.15) is 29.5 Å². The molecule has 5 rings (SSSR count). The second kappa shape index (κ2) is 8.47. The Kier molecular flexibility index (Phi) is 5.60. The number of benzene rings is 1. The number of hydrogen-bond acceptors (Lipinski definition) is 10. The van der Waals surface area contributed by atoms with Gasteiger partial charge in [-0.1, -0.05) is 23.7 Å². The fourth-order valence-corrected chi connectivity index (χ4v) is 4.12. The highest BCUT2D eigenvalue weighted by atomic mass is 35.5. The number of aryl methyl sites for hydroxylation is 1. The summed E-state index contributed by atoms with van der Waals surface area (Å²) in [5.41, 5.74) is 7.05. The van der Waals surface area contributed by atoms with Gasteiger partial charge in [0.25, 0.3) is 0 Å². The highest BCUT2D eigenvalue weighted by Crippen LogP contribution is 2.41. The van der Waals surface area contributed by atoms with E-state index >= 15 is 0 Å². The van der Waals surface area contributed by atoms with Crippen molar-refractivity contribution in [3.63, 3.8) is 0 Å². The van der Waals surface area contributed by atoms with Crippen LogP contribution >= 0.6 is 11.6 Å². The van der Waals surface area contributed by atoms with Crippen LogP contribution in [0.1, 0.15) is 30.7 Å². The molecule has 11 nitrogen and oxygen atoms in total. The smallest absolute Gasteiger partial charge is 0.318 e. The van der Waals surface area contributed by atoms with Gasteiger partial charge in [0.15, 0.2) is 23.5 Å². The highest BCUT2D eigenvalue weighted by molar-refractivity contribution is 6.34. The number of ether oxygens (including phenoxy) is 2. The second-order valence-corrected chi connectivity index (χ2v) is 8.09. The molecule has 4 N–H and O–H groups in total. The molecule has 0 spiro atoms. The molecule has 0 aliphatic carbocycles. The van der Waals surface area contributed by atoms with Gasteiger partial charge < -0.3 is 29.9 Å². The summed E-state index contributed by atoms with van der Waals surface area (Å²) in [4.78, 5) is 13.0. The minimum Gasteiger partial charge on any atom is -0.467 e. The third kappa shape index (κ3) is 3.46. The Morgan fingerprint density at radius 2 is 2.06 bits per heavy atom. The normalized spacial score (nSPS) is 22.5. The third-order valence-electron chi connectivity index (χ3n) is 5.68. The molecule has 34 heavy (non-hydrogen) atoms. The molecule has 3 aromatic heterocycles. The van der Waals surface area contributed by atoms with E-state index in [9.17, 15) is 14.6 Å². The first-order chi connectivity index (χ1) is 16.3. The van der Waals surface area contributed by atoms with Crippen molar-refractivity contribution in [3.05, 3.63) is 46.8 Å². The van der Waals surface area contributed by atoms with Crippen molar-refractivity contribution in [2.45, 2.75) is 37.9 Å². The molecule has 0 amide bonds. The number of aromatic nitrogens is 5. The van der Waals surface area contributed by atoms with Crippen molar-refractivity contribution in [2.75, 3.05) is 12.8 Å². The molecule has 4 heterocycles. The van der Waals surface area contributed by atoms with Crippen LogP contribution in [0, 0.1) is 5.82 Å². The van der Waals surface area contributed by atoms with Crippen LogP contribution in [-0.4, -0.2) is 54.2 Å². The third-order valence-corrected chi connectivity index (χ3v) is 6.05. The number of rotatable bonds is 5. The Balaban J connectivity index is 1.60. The number of nitrogen functional groups attached to an aromatic ring is 1. The highest BCUT2D eigenvalue weighted by Gasteiger charge is 2.47. The van der Waals surface area contributed by atoms with Crippen LogP contribution < -0.4 is 10.5 Å². The number of halogens is 2. The van der Waals surface area contributed by atoms with Gasteiger partial charge in [-0.2, -0.15) is 9.97 Å². The average molecular weight is 491 g/mol. The number of nitrogens with two attached hydrogens (primary N) is 1. The van der Waals surface area contributed by atoms with Crippen LogP contribution in [0.5, 0.6) is 6.01 Å². The molecule has 0 radical (unpaired) electrons. The Hall–Kier alpha value is -3.32. The Morgan fingerprint density at radius 3 is 2.76 bits per heavy atom. The molecular weight excluding hydrogens is 471 g/mol. The van der Waals surface area contributed by atoms with Gasteiger partial charge in [0, 0.05) is 11.6 Å². The number of aliphatic hydroxyl groups excluding tert-OH is 2. The van der Waals surface area contributed by atoms with E-state index in [4.69, 9.17) is 31.3 Å². The molecule has 0 bridgehead atoms. The lowest BCUT2D eigenvalue weighted by molar-refractivity contribution is -0.0434. The molecule has 1 aromatic carbocycles. The molecule has 13 heteroatoms. The summed E-state index contributed by atoms with van der Waals surface area (Å²) in [6.45, 7) is 1.91. The lowest BCUT2D eigenvalue weighted by Crippen LogP contribution is -2.28. The van der Waals surface area contributed by atoms with E-state index in [2.05, 4.69) is 20.1 Å². The minimum atomic E-state index is -1.35. The largest absolute Gasteiger partial charge is 0.467 e. The van der Waals surface area contributed by atoms with Gasteiger partial charge >= 0.3 is 6.01 Å². The maximum absolute atomic E-state index is 14.4. The Bertz CT molecular complexity index is 1380. The molecule has 1 aliphatic heterocycles. The van der Waals surface area contributed by atoms with Gasteiger partial charge in [-0.05, 0) is 18.6 Å². The molecule has 0 unspecified atom stereocenters. The summed E-state index contributed by atoms with van der Waals surface area (Å²) in [6, 6.07) is 4.48. The number of hydrogen-bond donors (Lipinski definition) is 3. The van der Waals surface area contributed by atoms with Gasteiger partial charge in [0.2, 0.25) is 0 Å². The lowest BCUT2D eigenvalue weighted by Gasteiger charge is -2.17. The fraction of sp³-hybridized carbons (Fsp3) is 0.333. The monoisotopic (exact) mass is 490 g/mol. The van der Waals surface area contributed by atoms with E-state index in [0.717, 1.165) is 0 Å². The van der Waals surface area contributed by atoms with E-state index in [1.165, 1.54) is 30.1 Å². The van der Waals surface area contributed by atoms with E-state index in [1.807, 2.05) is 6.92 Å². The maximum Gasteiger partial charge on any atom is 0.318 e. The predicted octanol–water partition coefficient (Wildman–Crippen LogP) is 2.42. The zero-order chi connectivity index (χ0) is 24.1. The van der Waals surface area contributed by atoms with Crippen LogP contribution in [0.2, 0.25) is 5.02 Å². The van der Waals surface area contributed by atoms with E-state index in [0.29, 0.717) is 12.1 Å². The van der Waals surface area contributed by atoms with Gasteiger partial charge in [0.05, 0.1) is 29.8 Å². The molecule has 4 atom stereocenters. The van der Waals surface area contributed by atoms with Crippen molar-refractivity contribution in [2.24, 2.45) is 0 Å². The zero-order valence-corrected chi connectivity index (χ0v) is 18.8. The van der Waals surface area contributed by atoms with Crippen LogP contribution in [0.4, 0.5) is 10.1 Å². The van der Waals surface area contributed by atoms with Crippen LogP contribution in [-0.2, 0) is 11.2 Å². The predicted molar refractivity (Wildman–Crippen MR) is 117 cm³/mol. The van der Waals surface area contributed by atoms with Crippen molar-refractivity contribution in [1.82, 2.24) is 24.7 Å². The van der Waals surface area contributed by atoms with Crippen LogP contribution in [0.25, 0.3) is 22.4 Å². The number of fused-ring (bicyclic) bond motifs is 1. The summed E-state index contributed by atoms with van der Waals surface area (Å²) in [6.07, 6.45) is -2.69. The number of methoxy groups -OCH3 is 1. The lowest BCUT2D eigenvalue weighted by atomic mass is 10.1. The van der Waals surface area contributed by atoms with E-state index in [-0.39, 0.29) is 44.9 Å². The van der Waals surface area contributed by atoms with Gasteiger partial charge in [-0.15, -0.1) is 0 Å². The Morgan fingerprint density at radius 1 is 1.26 bits per heavy atom. The van der Waals surface area contributed by atoms with E-state index in [1.54, 1.807) is 6.07 Å². The molecule has 0 saturated carbocycles. The van der Waals surface area contributed by atoms with Gasteiger partial charge in [-0.3, -0.25) is 4.57 Å². The summed E-state index contributed by atoms with van der Waals surface area (Å²) in [5, 5.41) is 25.1. The van der Waals surface area contributed by atoms with Crippen molar-refractivity contribution in [3.8, 4) is 17.3 Å². The van der Waals surface area contributed by atoms with Crippen LogP contribution in [0.15, 0.2) is 29.0 Å². The molecule has 1 saturated heterocycles. The van der Waals surface area contributed by atoms with Crippen molar-refractivity contribution in [1.29, 1.82) is 0 Å². The molecule has 4 aromatic rings. The van der Waals surface area contributed by atoms with Crippen molar-refractivity contribution < 1.29 is 28.6 Å². The first-order valence-corrected chi connectivity index (χ1v) is 10.7. The van der Waals surface area contributed by atoms with Gasteiger partial charge in [-0.25, -0.2) is 9.37 Å². The van der Waals surface area contributed by atoms with Crippen molar-refractivity contribution >= 4 is 28.5 Å². The molecule has 1 aliphatic rings. The summed E-state index contributed by atoms with van der Waals surface area (Å²) < 4.78 is 32.3. The van der Waals surface area contributed by atoms with E-state index < -0.39 is 30.4 Å². The second-order valence-electron chi connectivity index (χ2n) is 7.72.